The molecule has 0 aliphatic carbocycles. The number of furan rings is 1. The lowest BCUT2D eigenvalue weighted by atomic mass is 9.97. The molecule has 0 radical (unpaired) electrons. The smallest absolute Gasteiger partial charge is 0.136 e. The Morgan fingerprint density at radius 2 is 0.840 bits per heavy atom. The summed E-state index contributed by atoms with van der Waals surface area (Å²) in [6.07, 6.45) is 0. The van der Waals surface area contributed by atoms with Crippen LogP contribution in [0.2, 0.25) is 0 Å². The van der Waals surface area contributed by atoms with Gasteiger partial charge in [-0.25, -0.2) is 0 Å². The Balaban J connectivity index is 1.15. The maximum atomic E-state index is 6.41. The highest BCUT2D eigenvalue weighted by molar-refractivity contribution is 6.11. The molecule has 10 rings (SSSR count). The summed E-state index contributed by atoms with van der Waals surface area (Å²) in [4.78, 5) is 2.36. The number of nitrogens with zero attached hydrogens (tertiary/aromatic N) is 1. The quantitative estimate of drug-likeness (QED) is 0.187. The van der Waals surface area contributed by atoms with E-state index in [1.165, 1.54) is 54.6 Å². The van der Waals surface area contributed by atoms with Crippen LogP contribution in [0.25, 0.3) is 76.5 Å². The highest BCUT2D eigenvalue weighted by Crippen LogP contribution is 2.42. The second-order valence-electron chi connectivity index (χ2n) is 13.0. The lowest BCUT2D eigenvalue weighted by molar-refractivity contribution is 0.669. The monoisotopic (exact) mass is 637 g/mol. The topological polar surface area (TPSA) is 16.4 Å². The van der Waals surface area contributed by atoms with Gasteiger partial charge in [-0.15, -0.1) is 0 Å². The molecule has 2 heteroatoms. The first-order chi connectivity index (χ1) is 24.8. The van der Waals surface area contributed by atoms with E-state index in [1.807, 2.05) is 0 Å². The first kappa shape index (κ1) is 28.4. The van der Waals surface area contributed by atoms with E-state index in [0.717, 1.165) is 39.0 Å². The molecule has 1 heterocycles. The van der Waals surface area contributed by atoms with Gasteiger partial charge in [-0.1, -0.05) is 133 Å². The van der Waals surface area contributed by atoms with Gasteiger partial charge in [-0.3, -0.25) is 0 Å². The standard InChI is InChI=1S/C48H31NO/c1-2-13-36-30-48-45(29-35(36)12-1)46-31-40(26-27-47(46)50-48)49(38-24-22-34(23-25-38)43-20-8-14-32-10-3-5-18-41(32)43)39-17-7-16-37(28-39)44-21-9-15-33-11-4-6-19-42(33)44/h1-31H. The van der Waals surface area contributed by atoms with Gasteiger partial charge in [0.15, 0.2) is 0 Å². The minimum atomic E-state index is 0.884. The fourth-order valence-electron chi connectivity index (χ4n) is 7.59. The number of fused-ring (bicyclic) bond motifs is 6. The second kappa shape index (κ2) is 11.5. The van der Waals surface area contributed by atoms with Gasteiger partial charge in [0.1, 0.15) is 11.2 Å². The van der Waals surface area contributed by atoms with Gasteiger partial charge in [-0.05, 0) is 109 Å². The molecule has 9 aromatic carbocycles. The SMILES string of the molecule is c1cc(-c2cccc3ccccc23)cc(N(c2ccc(-c3cccc4ccccc34)cc2)c2ccc3oc4cc5ccccc5cc4c3c2)c1. The van der Waals surface area contributed by atoms with Gasteiger partial charge in [-0.2, -0.15) is 0 Å². The minimum absolute atomic E-state index is 0.884. The molecule has 0 unspecified atom stereocenters. The van der Waals surface area contributed by atoms with E-state index in [-0.39, 0.29) is 0 Å². The molecule has 10 aromatic rings. The summed E-state index contributed by atoms with van der Waals surface area (Å²) in [5, 5.41) is 9.59. The van der Waals surface area contributed by atoms with Crippen molar-refractivity contribution in [3.8, 4) is 22.3 Å². The van der Waals surface area contributed by atoms with Crippen molar-refractivity contribution in [3.05, 3.63) is 188 Å². The van der Waals surface area contributed by atoms with Crippen molar-refractivity contribution in [2.45, 2.75) is 0 Å². The van der Waals surface area contributed by atoms with E-state index in [0.29, 0.717) is 0 Å². The van der Waals surface area contributed by atoms with Gasteiger partial charge in [0, 0.05) is 27.8 Å². The highest BCUT2D eigenvalue weighted by atomic mass is 16.3. The van der Waals surface area contributed by atoms with E-state index in [9.17, 15) is 0 Å². The maximum absolute atomic E-state index is 6.41. The van der Waals surface area contributed by atoms with Crippen molar-refractivity contribution in [1.29, 1.82) is 0 Å². The van der Waals surface area contributed by atoms with E-state index in [2.05, 4.69) is 193 Å². The molecule has 0 N–H and O–H groups in total. The van der Waals surface area contributed by atoms with Gasteiger partial charge in [0.25, 0.3) is 0 Å². The van der Waals surface area contributed by atoms with E-state index >= 15 is 0 Å². The molecule has 0 amide bonds. The predicted octanol–water partition coefficient (Wildman–Crippen LogP) is 13.8. The van der Waals surface area contributed by atoms with E-state index < -0.39 is 0 Å². The molecule has 50 heavy (non-hydrogen) atoms. The molecule has 0 saturated heterocycles. The largest absolute Gasteiger partial charge is 0.456 e. The lowest BCUT2D eigenvalue weighted by Crippen LogP contribution is -2.10. The van der Waals surface area contributed by atoms with Gasteiger partial charge in [0.05, 0.1) is 0 Å². The van der Waals surface area contributed by atoms with Crippen molar-refractivity contribution in [2.75, 3.05) is 4.90 Å². The van der Waals surface area contributed by atoms with Crippen LogP contribution < -0.4 is 4.90 Å². The Hall–Kier alpha value is -6.64. The third-order valence-corrected chi connectivity index (χ3v) is 10.0. The van der Waals surface area contributed by atoms with Crippen LogP contribution in [0.15, 0.2) is 192 Å². The molecule has 1 aromatic heterocycles. The second-order valence-corrected chi connectivity index (χ2v) is 13.0. The molecule has 2 nitrogen and oxygen atoms in total. The first-order valence-corrected chi connectivity index (χ1v) is 17.1. The molecule has 0 bridgehead atoms. The van der Waals surface area contributed by atoms with Crippen LogP contribution in [0, 0.1) is 0 Å². The van der Waals surface area contributed by atoms with Gasteiger partial charge < -0.3 is 9.32 Å². The molecule has 0 atom stereocenters. The van der Waals surface area contributed by atoms with Gasteiger partial charge >= 0.3 is 0 Å². The Kier molecular flexibility index (Phi) is 6.53. The molecule has 0 aliphatic rings. The zero-order chi connectivity index (χ0) is 33.0. The first-order valence-electron chi connectivity index (χ1n) is 17.1. The third kappa shape index (κ3) is 4.73. The van der Waals surface area contributed by atoms with E-state index in [4.69, 9.17) is 4.42 Å². The Morgan fingerprint density at radius 3 is 1.56 bits per heavy atom. The number of hydrogen-bond donors (Lipinski definition) is 0. The van der Waals surface area contributed by atoms with Crippen molar-refractivity contribution in [2.24, 2.45) is 0 Å². The van der Waals surface area contributed by atoms with E-state index in [1.54, 1.807) is 0 Å². The summed E-state index contributed by atoms with van der Waals surface area (Å²) in [6.45, 7) is 0. The summed E-state index contributed by atoms with van der Waals surface area (Å²) in [5.41, 5.74) is 9.86. The molecular weight excluding hydrogens is 607 g/mol. The van der Waals surface area contributed by atoms with Crippen LogP contribution in [0.3, 0.4) is 0 Å². The predicted molar refractivity (Wildman–Crippen MR) is 212 cm³/mol. The molecule has 0 aliphatic heterocycles. The number of anilines is 3. The average Bonchev–Trinajstić information content (AvgIpc) is 3.53. The normalized spacial score (nSPS) is 11.6. The molecule has 0 spiro atoms. The number of hydrogen-bond acceptors (Lipinski definition) is 2. The average molecular weight is 638 g/mol. The Morgan fingerprint density at radius 1 is 0.300 bits per heavy atom. The summed E-state index contributed by atoms with van der Waals surface area (Å²) in [6, 6.07) is 67.6. The molecular formula is C48H31NO. The molecule has 0 fully saturated rings. The maximum Gasteiger partial charge on any atom is 0.136 e. The number of rotatable bonds is 5. The van der Waals surface area contributed by atoms with Crippen LogP contribution in [-0.2, 0) is 0 Å². The summed E-state index contributed by atoms with van der Waals surface area (Å²) < 4.78 is 6.41. The molecule has 0 saturated carbocycles. The third-order valence-electron chi connectivity index (χ3n) is 10.0. The van der Waals surface area contributed by atoms with Crippen molar-refractivity contribution in [1.82, 2.24) is 0 Å². The van der Waals surface area contributed by atoms with Crippen LogP contribution in [0.4, 0.5) is 17.1 Å². The fraction of sp³-hybridized carbons (Fsp3) is 0. The zero-order valence-corrected chi connectivity index (χ0v) is 27.3. The Labute approximate surface area is 290 Å². The number of benzene rings is 9. The fourth-order valence-corrected chi connectivity index (χ4v) is 7.59. The van der Waals surface area contributed by atoms with Crippen LogP contribution in [0.5, 0.6) is 0 Å². The van der Waals surface area contributed by atoms with Crippen molar-refractivity contribution in [3.63, 3.8) is 0 Å². The van der Waals surface area contributed by atoms with Crippen molar-refractivity contribution >= 4 is 71.3 Å². The van der Waals surface area contributed by atoms with Crippen molar-refractivity contribution < 1.29 is 4.42 Å². The Bertz CT molecular complexity index is 2870. The summed E-state index contributed by atoms with van der Waals surface area (Å²) in [7, 11) is 0. The lowest BCUT2D eigenvalue weighted by Gasteiger charge is -2.26. The zero-order valence-electron chi connectivity index (χ0n) is 27.3. The highest BCUT2D eigenvalue weighted by Gasteiger charge is 2.18. The van der Waals surface area contributed by atoms with Crippen LogP contribution in [0.1, 0.15) is 0 Å². The van der Waals surface area contributed by atoms with Gasteiger partial charge in [0.2, 0.25) is 0 Å². The van der Waals surface area contributed by atoms with Crippen LogP contribution >= 0.6 is 0 Å². The summed E-state index contributed by atoms with van der Waals surface area (Å²) >= 11 is 0. The summed E-state index contributed by atoms with van der Waals surface area (Å²) in [5.74, 6) is 0. The minimum Gasteiger partial charge on any atom is -0.456 e. The molecule has 234 valence electrons. The van der Waals surface area contributed by atoms with Crippen LogP contribution in [-0.4, -0.2) is 0 Å².